The number of aliphatic imine (C=N–C) groups is 1. The van der Waals surface area contributed by atoms with Crippen molar-refractivity contribution in [2.75, 3.05) is 7.05 Å². The summed E-state index contributed by atoms with van der Waals surface area (Å²) in [6.07, 6.45) is 1.01. The molecule has 0 unspecified atom stereocenters. The predicted octanol–water partition coefficient (Wildman–Crippen LogP) is 4.58. The molecule has 26 heavy (non-hydrogen) atoms. The molecule has 0 fully saturated rings. The zero-order valence-electron chi connectivity index (χ0n) is 15.0. The number of hydrogen-bond acceptors (Lipinski definition) is 5. The van der Waals surface area contributed by atoms with Gasteiger partial charge in [0.25, 0.3) is 0 Å². The molecule has 3 aromatic rings. The lowest BCUT2D eigenvalue weighted by Crippen LogP contribution is -2.28. The molecule has 0 bridgehead atoms. The Kier molecular flexibility index (Phi) is 4.78. The van der Waals surface area contributed by atoms with Gasteiger partial charge in [-0.25, -0.2) is 19.3 Å². The number of benzene rings is 1. The molecule has 6 nitrogen and oxygen atoms in total. The zero-order valence-corrected chi connectivity index (χ0v) is 15.8. The third-order valence-corrected chi connectivity index (χ3v) is 3.80. The fourth-order valence-electron chi connectivity index (χ4n) is 2.50. The Morgan fingerprint density at radius 2 is 1.92 bits per heavy atom. The summed E-state index contributed by atoms with van der Waals surface area (Å²) in [5.74, 6) is 0.436. The Morgan fingerprint density at radius 3 is 2.54 bits per heavy atom. The molecule has 0 radical (unpaired) electrons. The minimum atomic E-state index is -0.645. The van der Waals surface area contributed by atoms with E-state index in [4.69, 9.17) is 16.3 Å². The van der Waals surface area contributed by atoms with Crippen LogP contribution in [-0.4, -0.2) is 39.5 Å². The fraction of sp³-hybridized carbons (Fsp3) is 0.263. The predicted molar refractivity (Wildman–Crippen MR) is 103 cm³/mol. The lowest BCUT2D eigenvalue weighted by atomic mass is 10.2. The highest BCUT2D eigenvalue weighted by Gasteiger charge is 2.24. The van der Waals surface area contributed by atoms with Crippen LogP contribution in [0.25, 0.3) is 22.4 Å². The van der Waals surface area contributed by atoms with Crippen LogP contribution in [0.15, 0.2) is 41.4 Å². The molecule has 0 N–H and O–H groups in total. The first-order valence-electron chi connectivity index (χ1n) is 8.10. The van der Waals surface area contributed by atoms with E-state index < -0.39 is 11.7 Å². The summed E-state index contributed by atoms with van der Waals surface area (Å²) in [5, 5.41) is 0.828. The maximum Gasteiger partial charge on any atom is 0.420 e. The first kappa shape index (κ1) is 18.1. The van der Waals surface area contributed by atoms with Gasteiger partial charge >= 0.3 is 6.09 Å². The summed E-state index contributed by atoms with van der Waals surface area (Å²) in [7, 11) is 1.62. The minimum absolute atomic E-state index is 0.266. The van der Waals surface area contributed by atoms with Gasteiger partial charge in [-0.1, -0.05) is 41.9 Å². The van der Waals surface area contributed by atoms with E-state index in [-0.39, 0.29) is 5.15 Å². The lowest BCUT2D eigenvalue weighted by molar-refractivity contribution is 0.0543. The van der Waals surface area contributed by atoms with Gasteiger partial charge in [-0.15, -0.1) is 0 Å². The van der Waals surface area contributed by atoms with E-state index in [0.717, 1.165) is 5.56 Å². The van der Waals surface area contributed by atoms with E-state index in [9.17, 15) is 4.79 Å². The molecule has 0 amide bonds. The molecule has 0 aliphatic heterocycles. The van der Waals surface area contributed by atoms with Gasteiger partial charge < -0.3 is 4.74 Å². The highest BCUT2D eigenvalue weighted by Crippen LogP contribution is 2.28. The van der Waals surface area contributed by atoms with Gasteiger partial charge in [0.1, 0.15) is 10.8 Å². The lowest BCUT2D eigenvalue weighted by Gasteiger charge is -2.20. The van der Waals surface area contributed by atoms with Gasteiger partial charge in [-0.05, 0) is 26.8 Å². The number of hydrogen-bond donors (Lipinski definition) is 0. The van der Waals surface area contributed by atoms with Crippen molar-refractivity contribution in [3.63, 3.8) is 0 Å². The monoisotopic (exact) mass is 370 g/mol. The number of nitrogens with zero attached hydrogens (tertiary/aromatic N) is 4. The number of carbonyl (C=O) groups is 1. The zero-order chi connectivity index (χ0) is 18.9. The summed E-state index contributed by atoms with van der Waals surface area (Å²) in [4.78, 5) is 25.7. The molecule has 0 atom stereocenters. The molecular weight excluding hydrogens is 352 g/mol. The maximum absolute atomic E-state index is 12.8. The van der Waals surface area contributed by atoms with Crippen LogP contribution < -0.4 is 0 Å². The molecule has 0 aliphatic carbocycles. The van der Waals surface area contributed by atoms with Crippen molar-refractivity contribution < 1.29 is 9.53 Å². The summed E-state index contributed by atoms with van der Waals surface area (Å²) >= 11 is 6.37. The number of fused-ring (bicyclic) bond motifs is 1. The molecule has 134 valence electrons. The standard InChI is InChI=1S/C19H19ClN4O2/c1-19(2,3)26-18(25)24-13(11-21-4)10-14-15(20)22-16(23-17(14)24)12-8-6-5-7-9-12/h5-11H,1-4H3. The molecule has 2 heterocycles. The molecule has 0 saturated heterocycles. The average molecular weight is 371 g/mol. The van der Waals surface area contributed by atoms with Crippen LogP contribution in [0.3, 0.4) is 0 Å². The Labute approximate surface area is 156 Å². The summed E-state index contributed by atoms with van der Waals surface area (Å²) in [6.45, 7) is 5.42. The van der Waals surface area contributed by atoms with Crippen LogP contribution in [0.5, 0.6) is 0 Å². The highest BCUT2D eigenvalue weighted by molar-refractivity contribution is 6.34. The fourth-order valence-corrected chi connectivity index (χ4v) is 2.72. The molecule has 3 rings (SSSR count). The first-order chi connectivity index (χ1) is 12.3. The Balaban J connectivity index is 2.25. The second-order valence-electron chi connectivity index (χ2n) is 6.71. The Bertz CT molecular complexity index is 988. The van der Waals surface area contributed by atoms with E-state index in [2.05, 4.69) is 15.0 Å². The summed E-state index contributed by atoms with van der Waals surface area (Å²) in [5.41, 5.74) is 1.07. The van der Waals surface area contributed by atoms with Crippen molar-refractivity contribution in [2.24, 2.45) is 4.99 Å². The van der Waals surface area contributed by atoms with E-state index in [0.29, 0.717) is 22.6 Å². The molecule has 0 saturated carbocycles. The largest absolute Gasteiger partial charge is 0.443 e. The number of ether oxygens (including phenoxy) is 1. The van der Waals surface area contributed by atoms with E-state index in [1.165, 1.54) is 4.57 Å². The van der Waals surface area contributed by atoms with Crippen LogP contribution in [0.2, 0.25) is 5.15 Å². The third kappa shape index (κ3) is 3.60. The van der Waals surface area contributed by atoms with Crippen LogP contribution in [-0.2, 0) is 4.74 Å². The first-order valence-corrected chi connectivity index (χ1v) is 8.48. The normalized spacial score (nSPS) is 12.0. The van der Waals surface area contributed by atoms with Gasteiger partial charge in [0.15, 0.2) is 11.5 Å². The summed E-state index contributed by atoms with van der Waals surface area (Å²) < 4.78 is 6.89. The number of rotatable bonds is 2. The van der Waals surface area contributed by atoms with E-state index in [1.807, 2.05) is 51.1 Å². The molecule has 2 aromatic heterocycles. The SMILES string of the molecule is CN=Cc1cc2c(Cl)nc(-c3ccccc3)nc2n1C(=O)OC(C)(C)C. The van der Waals surface area contributed by atoms with Crippen LogP contribution in [0.1, 0.15) is 26.5 Å². The quantitative estimate of drug-likeness (QED) is 0.489. The number of halogens is 1. The number of aromatic nitrogens is 3. The van der Waals surface area contributed by atoms with Crippen molar-refractivity contribution in [3.05, 3.63) is 47.2 Å². The van der Waals surface area contributed by atoms with Crippen LogP contribution in [0, 0.1) is 0 Å². The van der Waals surface area contributed by atoms with Crippen LogP contribution >= 0.6 is 11.6 Å². The van der Waals surface area contributed by atoms with Gasteiger partial charge in [0.2, 0.25) is 0 Å². The molecule has 0 spiro atoms. The summed E-state index contributed by atoms with van der Waals surface area (Å²) in [6, 6.07) is 11.2. The smallest absolute Gasteiger partial charge is 0.420 e. The van der Waals surface area contributed by atoms with Crippen molar-refractivity contribution in [3.8, 4) is 11.4 Å². The molecule has 7 heteroatoms. The molecule has 0 aliphatic rings. The van der Waals surface area contributed by atoms with Gasteiger partial charge in [0, 0.05) is 18.8 Å². The second kappa shape index (κ2) is 6.88. The number of carbonyl (C=O) groups excluding carboxylic acids is 1. The minimum Gasteiger partial charge on any atom is -0.443 e. The van der Waals surface area contributed by atoms with Gasteiger partial charge in [-0.3, -0.25) is 4.99 Å². The van der Waals surface area contributed by atoms with Crippen molar-refractivity contribution in [1.82, 2.24) is 14.5 Å². The van der Waals surface area contributed by atoms with Gasteiger partial charge in [0.05, 0.1) is 11.1 Å². The molecule has 1 aromatic carbocycles. The van der Waals surface area contributed by atoms with Gasteiger partial charge in [-0.2, -0.15) is 0 Å². The van der Waals surface area contributed by atoms with Crippen molar-refractivity contribution >= 4 is 34.9 Å². The van der Waals surface area contributed by atoms with Crippen molar-refractivity contribution in [1.29, 1.82) is 0 Å². The highest BCUT2D eigenvalue weighted by atomic mass is 35.5. The maximum atomic E-state index is 12.8. The Morgan fingerprint density at radius 1 is 1.23 bits per heavy atom. The van der Waals surface area contributed by atoms with Crippen LogP contribution in [0.4, 0.5) is 4.79 Å². The van der Waals surface area contributed by atoms with Crippen molar-refractivity contribution in [2.45, 2.75) is 26.4 Å². The third-order valence-electron chi connectivity index (χ3n) is 3.51. The van der Waals surface area contributed by atoms with E-state index in [1.54, 1.807) is 19.3 Å². The molecular formula is C19H19ClN4O2. The Hall–Kier alpha value is -2.73. The van der Waals surface area contributed by atoms with E-state index >= 15 is 0 Å². The average Bonchev–Trinajstić information content (AvgIpc) is 2.93. The topological polar surface area (TPSA) is 69.4 Å². The second-order valence-corrected chi connectivity index (χ2v) is 7.07.